The lowest BCUT2D eigenvalue weighted by Crippen LogP contribution is -2.28. The molecule has 0 saturated heterocycles. The molecule has 5 heteroatoms. The van der Waals surface area contributed by atoms with Crippen LogP contribution >= 0.6 is 0 Å². The zero-order valence-electron chi connectivity index (χ0n) is 10.0. The van der Waals surface area contributed by atoms with Crippen LogP contribution in [0.4, 0.5) is 4.39 Å². The largest absolute Gasteiger partial charge is 0.456 e. The van der Waals surface area contributed by atoms with Crippen molar-refractivity contribution < 1.29 is 8.81 Å². The molecule has 0 fully saturated rings. The van der Waals surface area contributed by atoms with Gasteiger partial charge in [-0.2, -0.15) is 0 Å². The number of aromatic nitrogens is 1. The quantitative estimate of drug-likeness (QED) is 0.559. The molecule has 4 nitrogen and oxygen atoms in total. The van der Waals surface area contributed by atoms with Crippen LogP contribution < -0.4 is 11.3 Å². The molecule has 2 heterocycles. The van der Waals surface area contributed by atoms with Crippen molar-refractivity contribution in [2.75, 3.05) is 0 Å². The highest BCUT2D eigenvalue weighted by molar-refractivity contribution is 5.78. The minimum Gasteiger partial charge on any atom is -0.456 e. The Kier molecular flexibility index (Phi) is 2.98. The second-order valence-corrected chi connectivity index (χ2v) is 4.19. The van der Waals surface area contributed by atoms with Crippen molar-refractivity contribution in [2.45, 2.75) is 6.04 Å². The van der Waals surface area contributed by atoms with Gasteiger partial charge in [0.2, 0.25) is 0 Å². The topological polar surface area (TPSA) is 64.1 Å². The first-order chi connectivity index (χ1) is 9.29. The number of fused-ring (bicyclic) bond motifs is 1. The Morgan fingerprint density at radius 3 is 2.84 bits per heavy atom. The monoisotopic (exact) mass is 257 g/mol. The average molecular weight is 257 g/mol. The molecule has 0 aliphatic carbocycles. The highest BCUT2D eigenvalue weighted by Gasteiger charge is 2.18. The van der Waals surface area contributed by atoms with E-state index in [4.69, 9.17) is 10.3 Å². The van der Waals surface area contributed by atoms with Gasteiger partial charge in [0.05, 0.1) is 0 Å². The molecule has 0 saturated carbocycles. The van der Waals surface area contributed by atoms with Crippen LogP contribution in [0.3, 0.4) is 0 Å². The van der Waals surface area contributed by atoms with Crippen molar-refractivity contribution >= 4 is 11.0 Å². The first kappa shape index (κ1) is 11.8. The number of rotatable bonds is 3. The molecule has 0 radical (unpaired) electrons. The maximum Gasteiger partial charge on any atom is 0.169 e. The second-order valence-electron chi connectivity index (χ2n) is 4.19. The fourth-order valence-corrected chi connectivity index (χ4v) is 2.08. The van der Waals surface area contributed by atoms with E-state index in [1.165, 1.54) is 6.07 Å². The van der Waals surface area contributed by atoms with Gasteiger partial charge in [0, 0.05) is 17.8 Å². The number of para-hydroxylation sites is 1. The maximum absolute atomic E-state index is 13.6. The molecule has 1 aromatic carbocycles. The van der Waals surface area contributed by atoms with Gasteiger partial charge in [-0.05, 0) is 23.8 Å². The number of nitrogens with one attached hydrogen (secondary N) is 1. The number of hydrogen-bond donors (Lipinski definition) is 2. The number of hydrazine groups is 1. The van der Waals surface area contributed by atoms with Crippen LogP contribution in [-0.4, -0.2) is 4.98 Å². The Morgan fingerprint density at radius 2 is 2.16 bits per heavy atom. The summed E-state index contributed by atoms with van der Waals surface area (Å²) in [6.07, 6.45) is 3.36. The molecule has 3 aromatic rings. The van der Waals surface area contributed by atoms with Gasteiger partial charge < -0.3 is 4.42 Å². The van der Waals surface area contributed by atoms with Crippen molar-refractivity contribution in [3.63, 3.8) is 0 Å². The van der Waals surface area contributed by atoms with Gasteiger partial charge in [-0.1, -0.05) is 18.2 Å². The number of halogens is 1. The fourth-order valence-electron chi connectivity index (χ4n) is 2.08. The summed E-state index contributed by atoms with van der Waals surface area (Å²) in [4.78, 5) is 4.04. The normalized spacial score (nSPS) is 12.7. The molecule has 3 N–H and O–H groups in total. The van der Waals surface area contributed by atoms with Crippen LogP contribution in [0.5, 0.6) is 0 Å². The summed E-state index contributed by atoms with van der Waals surface area (Å²) in [5.41, 5.74) is 3.75. The highest BCUT2D eigenvalue weighted by Crippen LogP contribution is 2.28. The summed E-state index contributed by atoms with van der Waals surface area (Å²) in [5.74, 6) is 5.73. The molecule has 0 aliphatic heterocycles. The van der Waals surface area contributed by atoms with Crippen molar-refractivity contribution in [2.24, 2.45) is 5.84 Å². The van der Waals surface area contributed by atoms with Crippen LogP contribution in [0.2, 0.25) is 0 Å². The van der Waals surface area contributed by atoms with Crippen molar-refractivity contribution in [3.8, 4) is 0 Å². The Balaban J connectivity index is 2.09. The number of furan rings is 1. The van der Waals surface area contributed by atoms with E-state index in [1.807, 2.05) is 12.1 Å². The van der Waals surface area contributed by atoms with E-state index >= 15 is 0 Å². The molecule has 96 valence electrons. The summed E-state index contributed by atoms with van der Waals surface area (Å²) in [5, 5.41) is 0.708. The zero-order valence-corrected chi connectivity index (χ0v) is 10.0. The lowest BCUT2D eigenvalue weighted by molar-refractivity contribution is 0.464. The molecular weight excluding hydrogens is 245 g/mol. The predicted molar refractivity (Wildman–Crippen MR) is 69.6 cm³/mol. The third kappa shape index (κ3) is 2.09. The van der Waals surface area contributed by atoms with Gasteiger partial charge in [0.15, 0.2) is 11.4 Å². The van der Waals surface area contributed by atoms with Crippen molar-refractivity contribution in [3.05, 3.63) is 65.9 Å². The van der Waals surface area contributed by atoms with Gasteiger partial charge in [0.25, 0.3) is 0 Å². The van der Waals surface area contributed by atoms with E-state index in [0.717, 1.165) is 5.56 Å². The van der Waals surface area contributed by atoms with E-state index in [2.05, 4.69) is 10.4 Å². The molecule has 1 atom stereocenters. The summed E-state index contributed by atoms with van der Waals surface area (Å²) < 4.78 is 19.2. The first-order valence-corrected chi connectivity index (χ1v) is 5.83. The fraction of sp³-hybridized carbons (Fsp3) is 0.0714. The minimum atomic E-state index is -0.384. The van der Waals surface area contributed by atoms with E-state index in [-0.39, 0.29) is 17.4 Å². The van der Waals surface area contributed by atoms with E-state index in [9.17, 15) is 4.39 Å². The summed E-state index contributed by atoms with van der Waals surface area (Å²) in [7, 11) is 0. The SMILES string of the molecule is NNC(c1cccnc1)c1cc2cccc(F)c2o1. The van der Waals surface area contributed by atoms with Gasteiger partial charge in [-0.15, -0.1) is 0 Å². The third-order valence-electron chi connectivity index (χ3n) is 2.98. The zero-order chi connectivity index (χ0) is 13.2. The number of nitrogens with zero attached hydrogens (tertiary/aromatic N) is 1. The Bertz CT molecular complexity index is 696. The molecule has 3 rings (SSSR count). The molecule has 0 spiro atoms. The molecule has 0 aliphatic rings. The average Bonchev–Trinajstić information content (AvgIpc) is 2.86. The third-order valence-corrected chi connectivity index (χ3v) is 2.98. The molecular formula is C14H12FN3O. The van der Waals surface area contributed by atoms with E-state index in [0.29, 0.717) is 11.1 Å². The van der Waals surface area contributed by atoms with Gasteiger partial charge >= 0.3 is 0 Å². The number of hydrogen-bond acceptors (Lipinski definition) is 4. The van der Waals surface area contributed by atoms with Crippen LogP contribution in [0.15, 0.2) is 53.2 Å². The minimum absolute atomic E-state index is 0.238. The predicted octanol–water partition coefficient (Wildman–Crippen LogP) is 2.52. The van der Waals surface area contributed by atoms with Crippen LogP contribution in [-0.2, 0) is 0 Å². The smallest absolute Gasteiger partial charge is 0.169 e. The van der Waals surface area contributed by atoms with Crippen molar-refractivity contribution in [1.82, 2.24) is 10.4 Å². The summed E-state index contributed by atoms with van der Waals surface area (Å²) >= 11 is 0. The lowest BCUT2D eigenvalue weighted by Gasteiger charge is -2.12. The Hall–Kier alpha value is -2.24. The molecule has 2 aromatic heterocycles. The standard InChI is InChI=1S/C14H12FN3O/c15-11-5-1-3-9-7-12(19-14(9)11)13(18-16)10-4-2-6-17-8-10/h1-8,13,18H,16H2. The van der Waals surface area contributed by atoms with Gasteiger partial charge in [0.1, 0.15) is 11.8 Å². The maximum atomic E-state index is 13.6. The summed E-state index contributed by atoms with van der Waals surface area (Å²) in [6.45, 7) is 0. The number of benzene rings is 1. The van der Waals surface area contributed by atoms with Gasteiger partial charge in [-0.3, -0.25) is 10.8 Å². The Labute approximate surface area is 109 Å². The summed E-state index contributed by atoms with van der Waals surface area (Å²) in [6, 6.07) is 9.90. The first-order valence-electron chi connectivity index (χ1n) is 5.83. The highest BCUT2D eigenvalue weighted by atomic mass is 19.1. The molecule has 1 unspecified atom stereocenters. The number of pyridine rings is 1. The van der Waals surface area contributed by atoms with E-state index < -0.39 is 0 Å². The molecule has 0 amide bonds. The van der Waals surface area contributed by atoms with Crippen molar-refractivity contribution in [1.29, 1.82) is 0 Å². The second kappa shape index (κ2) is 4.79. The van der Waals surface area contributed by atoms with Gasteiger partial charge in [-0.25, -0.2) is 9.82 Å². The lowest BCUT2D eigenvalue weighted by atomic mass is 10.1. The number of nitrogens with two attached hydrogens (primary N) is 1. The molecule has 19 heavy (non-hydrogen) atoms. The Morgan fingerprint density at radius 1 is 1.26 bits per heavy atom. The van der Waals surface area contributed by atoms with Crippen LogP contribution in [0, 0.1) is 5.82 Å². The molecule has 0 bridgehead atoms. The van der Waals surface area contributed by atoms with E-state index in [1.54, 1.807) is 30.6 Å². The van der Waals surface area contributed by atoms with Crippen LogP contribution in [0.1, 0.15) is 17.4 Å². The van der Waals surface area contributed by atoms with Crippen LogP contribution in [0.25, 0.3) is 11.0 Å².